The molecule has 0 aromatic carbocycles. The minimum Gasteiger partial charge on any atom is -0.350 e. The average Bonchev–Trinajstić information content (AvgIpc) is 2.41. The van der Waals surface area contributed by atoms with Crippen molar-refractivity contribution in [1.29, 1.82) is 0 Å². The van der Waals surface area contributed by atoms with Crippen molar-refractivity contribution < 1.29 is 4.79 Å². The molecular weight excluding hydrogens is 238 g/mol. The van der Waals surface area contributed by atoms with Crippen molar-refractivity contribution in [3.8, 4) is 0 Å². The highest BCUT2D eigenvalue weighted by atomic mass is 16.2. The summed E-state index contributed by atoms with van der Waals surface area (Å²) in [5.41, 5.74) is 7.59. The van der Waals surface area contributed by atoms with Gasteiger partial charge in [-0.15, -0.1) is 0 Å². The molecule has 0 aliphatic heterocycles. The van der Waals surface area contributed by atoms with Crippen LogP contribution >= 0.6 is 0 Å². The van der Waals surface area contributed by atoms with E-state index in [1.807, 2.05) is 6.07 Å². The molecule has 0 unspecified atom stereocenters. The van der Waals surface area contributed by atoms with Gasteiger partial charge in [-0.1, -0.05) is 19.9 Å². The third-order valence-corrected chi connectivity index (χ3v) is 4.13. The van der Waals surface area contributed by atoms with Gasteiger partial charge in [0.15, 0.2) is 0 Å². The zero-order valence-electron chi connectivity index (χ0n) is 11.8. The van der Waals surface area contributed by atoms with E-state index in [1.165, 1.54) is 5.56 Å². The van der Waals surface area contributed by atoms with E-state index in [-0.39, 0.29) is 11.3 Å². The molecule has 104 valence electrons. The molecule has 1 aromatic rings. The van der Waals surface area contributed by atoms with Gasteiger partial charge in [0.2, 0.25) is 5.91 Å². The lowest BCUT2D eigenvalue weighted by Gasteiger charge is -2.44. The predicted octanol–water partition coefficient (Wildman–Crippen LogP) is 1.64. The van der Waals surface area contributed by atoms with E-state index < -0.39 is 0 Å². The van der Waals surface area contributed by atoms with Gasteiger partial charge in [-0.25, -0.2) is 0 Å². The summed E-state index contributed by atoms with van der Waals surface area (Å²) in [7, 11) is 0. The molecule has 1 heterocycles. The normalized spacial score (nSPS) is 25.7. The fourth-order valence-corrected chi connectivity index (χ4v) is 3.02. The van der Waals surface area contributed by atoms with Crippen LogP contribution in [0.25, 0.3) is 0 Å². The van der Waals surface area contributed by atoms with Gasteiger partial charge in [0.05, 0.1) is 17.7 Å². The minimum absolute atomic E-state index is 0.0841. The summed E-state index contributed by atoms with van der Waals surface area (Å²) in [6.45, 7) is 5.19. The summed E-state index contributed by atoms with van der Waals surface area (Å²) in [6.07, 6.45) is 4.50. The second-order valence-corrected chi connectivity index (χ2v) is 5.64. The van der Waals surface area contributed by atoms with E-state index in [0.29, 0.717) is 19.0 Å². The monoisotopic (exact) mass is 261 g/mol. The van der Waals surface area contributed by atoms with Crippen molar-refractivity contribution in [2.24, 2.45) is 17.1 Å². The number of nitrogens with two attached hydrogens (primary N) is 1. The van der Waals surface area contributed by atoms with Crippen LogP contribution < -0.4 is 11.1 Å². The molecule has 0 saturated heterocycles. The summed E-state index contributed by atoms with van der Waals surface area (Å²) in [6, 6.07) is 3.98. The maximum atomic E-state index is 12.3. The zero-order valence-corrected chi connectivity index (χ0v) is 11.8. The second-order valence-electron chi connectivity index (χ2n) is 5.64. The van der Waals surface area contributed by atoms with Crippen LogP contribution in [0.5, 0.6) is 0 Å². The Balaban J connectivity index is 1.97. The summed E-state index contributed by atoms with van der Waals surface area (Å²) in [4.78, 5) is 16.6. The molecule has 4 heteroatoms. The molecule has 1 aliphatic carbocycles. The number of hydrogen-bond acceptors (Lipinski definition) is 3. The first-order chi connectivity index (χ1) is 9.11. The number of carbonyl (C=O) groups is 1. The first-order valence-corrected chi connectivity index (χ1v) is 7.02. The Hall–Kier alpha value is -1.42. The Bertz CT molecular complexity index is 452. The van der Waals surface area contributed by atoms with Gasteiger partial charge in [0.1, 0.15) is 0 Å². The number of aromatic nitrogens is 1. The molecule has 0 bridgehead atoms. The fourth-order valence-electron chi connectivity index (χ4n) is 3.02. The lowest BCUT2D eigenvalue weighted by molar-refractivity contribution is -0.138. The van der Waals surface area contributed by atoms with Crippen LogP contribution in [0.2, 0.25) is 0 Å². The minimum atomic E-state index is -0.333. The van der Waals surface area contributed by atoms with Crippen molar-refractivity contribution in [3.05, 3.63) is 29.6 Å². The van der Waals surface area contributed by atoms with E-state index in [9.17, 15) is 4.79 Å². The molecule has 0 atom stereocenters. The maximum Gasteiger partial charge on any atom is 0.227 e. The van der Waals surface area contributed by atoms with Crippen LogP contribution in [0.15, 0.2) is 18.3 Å². The van der Waals surface area contributed by atoms with Gasteiger partial charge in [-0.2, -0.15) is 0 Å². The van der Waals surface area contributed by atoms with Gasteiger partial charge < -0.3 is 11.1 Å². The summed E-state index contributed by atoms with van der Waals surface area (Å²) < 4.78 is 0. The van der Waals surface area contributed by atoms with E-state index in [0.717, 1.165) is 25.0 Å². The number of hydrogen-bond donors (Lipinski definition) is 2. The molecule has 0 spiro atoms. The molecule has 1 aromatic heterocycles. The summed E-state index contributed by atoms with van der Waals surface area (Å²) >= 11 is 0. The van der Waals surface area contributed by atoms with Crippen LogP contribution in [0.3, 0.4) is 0 Å². The smallest absolute Gasteiger partial charge is 0.227 e. The van der Waals surface area contributed by atoms with Crippen LogP contribution in [-0.4, -0.2) is 17.4 Å². The van der Waals surface area contributed by atoms with Crippen molar-refractivity contribution in [1.82, 2.24) is 10.3 Å². The van der Waals surface area contributed by atoms with E-state index >= 15 is 0 Å². The number of nitrogens with zero attached hydrogens (tertiary/aromatic N) is 1. The van der Waals surface area contributed by atoms with Crippen molar-refractivity contribution in [2.45, 2.75) is 39.7 Å². The Morgan fingerprint density at radius 3 is 2.89 bits per heavy atom. The SMILES string of the molecule is CCc1cccnc1CNC(=O)C1(CN)CC(C)C1. The van der Waals surface area contributed by atoms with Gasteiger partial charge in [0.25, 0.3) is 0 Å². The molecule has 0 radical (unpaired) electrons. The number of rotatable bonds is 5. The first kappa shape index (κ1) is 14.0. The topological polar surface area (TPSA) is 68.0 Å². The molecule has 1 aliphatic rings. The fraction of sp³-hybridized carbons (Fsp3) is 0.600. The highest BCUT2D eigenvalue weighted by Crippen LogP contribution is 2.44. The van der Waals surface area contributed by atoms with Gasteiger partial charge in [-0.3, -0.25) is 9.78 Å². The Labute approximate surface area is 114 Å². The lowest BCUT2D eigenvalue weighted by atomic mass is 9.62. The number of nitrogens with one attached hydrogen (secondary N) is 1. The highest BCUT2D eigenvalue weighted by Gasteiger charge is 2.46. The lowest BCUT2D eigenvalue weighted by Crippen LogP contribution is -2.53. The first-order valence-electron chi connectivity index (χ1n) is 7.02. The molecule has 4 nitrogen and oxygen atoms in total. The van der Waals surface area contributed by atoms with Crippen molar-refractivity contribution in [3.63, 3.8) is 0 Å². The van der Waals surface area contributed by atoms with Crippen LogP contribution in [0.1, 0.15) is 37.9 Å². The predicted molar refractivity (Wildman–Crippen MR) is 75.3 cm³/mol. The maximum absolute atomic E-state index is 12.3. The molecule has 3 N–H and O–H groups in total. The third kappa shape index (κ3) is 2.78. The number of carbonyl (C=O) groups excluding carboxylic acids is 1. The standard InChI is InChI=1S/C15H23N3O/c1-3-12-5-4-6-17-13(12)9-18-14(19)15(10-16)7-11(2)8-15/h4-6,11H,3,7-10,16H2,1-2H3,(H,18,19). The number of amides is 1. The highest BCUT2D eigenvalue weighted by molar-refractivity contribution is 5.83. The molecular formula is C15H23N3O. The number of pyridine rings is 1. The quantitative estimate of drug-likeness (QED) is 0.846. The van der Waals surface area contributed by atoms with Crippen molar-refractivity contribution >= 4 is 5.91 Å². The van der Waals surface area contributed by atoms with Gasteiger partial charge in [-0.05, 0) is 36.8 Å². The Morgan fingerprint density at radius 2 is 2.32 bits per heavy atom. The van der Waals surface area contributed by atoms with Crippen LogP contribution in [-0.2, 0) is 17.8 Å². The van der Waals surface area contributed by atoms with Gasteiger partial charge >= 0.3 is 0 Å². The average molecular weight is 261 g/mol. The third-order valence-electron chi connectivity index (χ3n) is 4.13. The summed E-state index contributed by atoms with van der Waals surface area (Å²) in [5.74, 6) is 0.691. The van der Waals surface area contributed by atoms with Crippen molar-refractivity contribution in [2.75, 3.05) is 6.54 Å². The number of aryl methyl sites for hydroxylation is 1. The van der Waals surface area contributed by atoms with Gasteiger partial charge in [0, 0.05) is 12.7 Å². The molecule has 1 saturated carbocycles. The van der Waals surface area contributed by atoms with Crippen LogP contribution in [0, 0.1) is 11.3 Å². The molecule has 1 amide bonds. The Kier molecular flexibility index (Phi) is 4.20. The van der Waals surface area contributed by atoms with Crippen LogP contribution in [0.4, 0.5) is 0 Å². The van der Waals surface area contributed by atoms with E-state index in [1.54, 1.807) is 6.20 Å². The molecule has 1 fully saturated rings. The van der Waals surface area contributed by atoms with E-state index in [4.69, 9.17) is 5.73 Å². The second kappa shape index (κ2) is 5.70. The molecule has 2 rings (SSSR count). The van der Waals surface area contributed by atoms with E-state index in [2.05, 4.69) is 30.2 Å². The Morgan fingerprint density at radius 1 is 1.58 bits per heavy atom. The zero-order chi connectivity index (χ0) is 13.9. The largest absolute Gasteiger partial charge is 0.350 e. The summed E-state index contributed by atoms with van der Waals surface area (Å²) in [5, 5.41) is 3.01. The molecule has 19 heavy (non-hydrogen) atoms.